The van der Waals surface area contributed by atoms with Crippen LogP contribution in [-0.4, -0.2) is 12.6 Å². The maximum absolute atomic E-state index is 3.72. The van der Waals surface area contributed by atoms with Gasteiger partial charge in [0.25, 0.3) is 0 Å². The Labute approximate surface area is 120 Å². The summed E-state index contributed by atoms with van der Waals surface area (Å²) in [5.41, 5.74) is 1.45. The molecular formula is C16H26BrN. The van der Waals surface area contributed by atoms with E-state index in [4.69, 9.17) is 0 Å². The number of nitrogens with one attached hydrogen (secondary N) is 1. The van der Waals surface area contributed by atoms with Crippen molar-refractivity contribution in [3.63, 3.8) is 0 Å². The summed E-state index contributed by atoms with van der Waals surface area (Å²) < 4.78 is 1.16. The molecule has 0 aromatic heterocycles. The van der Waals surface area contributed by atoms with Crippen LogP contribution in [0.1, 0.15) is 52.0 Å². The van der Waals surface area contributed by atoms with Crippen molar-refractivity contribution in [3.05, 3.63) is 34.3 Å². The van der Waals surface area contributed by atoms with Gasteiger partial charge in [-0.3, -0.25) is 0 Å². The van der Waals surface area contributed by atoms with Crippen LogP contribution in [0.5, 0.6) is 0 Å². The first-order valence-corrected chi connectivity index (χ1v) is 7.88. The average molecular weight is 312 g/mol. The maximum atomic E-state index is 3.72. The fraction of sp³-hybridized carbons (Fsp3) is 0.625. The van der Waals surface area contributed by atoms with Crippen molar-refractivity contribution < 1.29 is 0 Å². The second kappa shape index (κ2) is 7.96. The van der Waals surface area contributed by atoms with Crippen molar-refractivity contribution in [1.82, 2.24) is 5.32 Å². The Bertz CT molecular complexity index is 331. The third-order valence-electron chi connectivity index (χ3n) is 3.52. The van der Waals surface area contributed by atoms with E-state index < -0.39 is 0 Å². The molecule has 0 saturated heterocycles. The van der Waals surface area contributed by atoms with E-state index >= 15 is 0 Å². The SMILES string of the molecule is CCCNC(C(C)C)C(CC)c1ccc(Br)cc1. The van der Waals surface area contributed by atoms with Crippen LogP contribution in [0.2, 0.25) is 0 Å². The summed E-state index contributed by atoms with van der Waals surface area (Å²) in [5, 5.41) is 3.72. The summed E-state index contributed by atoms with van der Waals surface area (Å²) in [6.07, 6.45) is 2.38. The third kappa shape index (κ3) is 4.40. The Morgan fingerprint density at radius 3 is 2.17 bits per heavy atom. The first-order valence-electron chi connectivity index (χ1n) is 7.09. The standard InChI is InChI=1S/C16H26BrN/c1-5-11-18-16(12(3)4)15(6-2)13-7-9-14(17)10-8-13/h7-10,12,15-16,18H,5-6,11H2,1-4H3. The van der Waals surface area contributed by atoms with Gasteiger partial charge < -0.3 is 5.32 Å². The summed E-state index contributed by atoms with van der Waals surface area (Å²) in [5.74, 6) is 1.26. The molecular weight excluding hydrogens is 286 g/mol. The zero-order chi connectivity index (χ0) is 13.5. The molecule has 0 aliphatic rings. The number of benzene rings is 1. The minimum atomic E-state index is 0.566. The molecule has 0 amide bonds. The van der Waals surface area contributed by atoms with E-state index in [1.165, 1.54) is 18.4 Å². The summed E-state index contributed by atoms with van der Waals surface area (Å²) in [4.78, 5) is 0. The lowest BCUT2D eigenvalue weighted by molar-refractivity contribution is 0.335. The van der Waals surface area contributed by atoms with Crippen LogP contribution in [-0.2, 0) is 0 Å². The van der Waals surface area contributed by atoms with Crippen molar-refractivity contribution >= 4 is 15.9 Å². The van der Waals surface area contributed by atoms with E-state index in [0.29, 0.717) is 17.9 Å². The van der Waals surface area contributed by atoms with Crippen molar-refractivity contribution in [1.29, 1.82) is 0 Å². The minimum Gasteiger partial charge on any atom is -0.313 e. The minimum absolute atomic E-state index is 0.566. The molecule has 1 nitrogen and oxygen atoms in total. The molecule has 1 N–H and O–H groups in total. The predicted octanol–water partition coefficient (Wildman–Crippen LogP) is 4.97. The average Bonchev–Trinajstić information content (AvgIpc) is 2.35. The Kier molecular flexibility index (Phi) is 6.95. The molecule has 0 spiro atoms. The highest BCUT2D eigenvalue weighted by Gasteiger charge is 2.23. The van der Waals surface area contributed by atoms with Gasteiger partial charge in [-0.15, -0.1) is 0 Å². The van der Waals surface area contributed by atoms with Gasteiger partial charge >= 0.3 is 0 Å². The van der Waals surface area contributed by atoms with E-state index in [1.807, 2.05) is 0 Å². The fourth-order valence-electron chi connectivity index (χ4n) is 2.56. The van der Waals surface area contributed by atoms with Crippen LogP contribution in [0, 0.1) is 5.92 Å². The van der Waals surface area contributed by atoms with Crippen molar-refractivity contribution in [2.75, 3.05) is 6.54 Å². The molecule has 18 heavy (non-hydrogen) atoms. The van der Waals surface area contributed by atoms with Crippen LogP contribution in [0.3, 0.4) is 0 Å². The molecule has 2 unspecified atom stereocenters. The Morgan fingerprint density at radius 2 is 1.72 bits per heavy atom. The highest BCUT2D eigenvalue weighted by molar-refractivity contribution is 9.10. The zero-order valence-corrected chi connectivity index (χ0v) is 13.6. The van der Waals surface area contributed by atoms with Crippen LogP contribution in [0.15, 0.2) is 28.7 Å². The zero-order valence-electron chi connectivity index (χ0n) is 12.0. The van der Waals surface area contributed by atoms with Crippen molar-refractivity contribution in [3.8, 4) is 0 Å². The smallest absolute Gasteiger partial charge is 0.0175 e. The maximum Gasteiger partial charge on any atom is 0.0175 e. The Morgan fingerprint density at radius 1 is 1.11 bits per heavy atom. The molecule has 0 aliphatic heterocycles. The lowest BCUT2D eigenvalue weighted by atomic mass is 9.83. The van der Waals surface area contributed by atoms with Gasteiger partial charge in [-0.25, -0.2) is 0 Å². The predicted molar refractivity (Wildman–Crippen MR) is 84.1 cm³/mol. The lowest BCUT2D eigenvalue weighted by Gasteiger charge is -2.31. The second-order valence-electron chi connectivity index (χ2n) is 5.29. The molecule has 0 radical (unpaired) electrons. The highest BCUT2D eigenvalue weighted by Crippen LogP contribution is 2.28. The molecule has 1 rings (SSSR count). The first-order chi connectivity index (χ1) is 8.60. The monoisotopic (exact) mass is 311 g/mol. The van der Waals surface area contributed by atoms with Gasteiger partial charge in [0.15, 0.2) is 0 Å². The first kappa shape index (κ1) is 15.7. The molecule has 1 aromatic carbocycles. The molecule has 2 atom stereocenters. The van der Waals surface area contributed by atoms with Crippen molar-refractivity contribution in [2.24, 2.45) is 5.92 Å². The highest BCUT2D eigenvalue weighted by atomic mass is 79.9. The van der Waals surface area contributed by atoms with Gasteiger partial charge in [0.05, 0.1) is 0 Å². The van der Waals surface area contributed by atoms with Crippen molar-refractivity contribution in [2.45, 2.75) is 52.5 Å². The number of rotatable bonds is 7. The molecule has 0 heterocycles. The summed E-state index contributed by atoms with van der Waals surface area (Å²) >= 11 is 3.51. The molecule has 0 aliphatic carbocycles. The molecule has 1 aromatic rings. The van der Waals surface area contributed by atoms with Gasteiger partial charge in [0.1, 0.15) is 0 Å². The van der Waals surface area contributed by atoms with Crippen LogP contribution < -0.4 is 5.32 Å². The van der Waals surface area contributed by atoms with Crippen LogP contribution >= 0.6 is 15.9 Å². The Balaban J connectivity index is 2.87. The number of hydrogen-bond acceptors (Lipinski definition) is 1. The van der Waals surface area contributed by atoms with E-state index in [0.717, 1.165) is 11.0 Å². The molecule has 0 bridgehead atoms. The fourth-order valence-corrected chi connectivity index (χ4v) is 2.82. The molecule has 0 fully saturated rings. The van der Waals surface area contributed by atoms with Crippen LogP contribution in [0.25, 0.3) is 0 Å². The number of halogens is 1. The quantitative estimate of drug-likeness (QED) is 0.750. The van der Waals surface area contributed by atoms with Gasteiger partial charge in [0.2, 0.25) is 0 Å². The van der Waals surface area contributed by atoms with Gasteiger partial charge in [-0.2, -0.15) is 0 Å². The lowest BCUT2D eigenvalue weighted by Crippen LogP contribution is -2.39. The van der Waals surface area contributed by atoms with E-state index in [1.54, 1.807) is 0 Å². The van der Waals surface area contributed by atoms with Crippen LogP contribution in [0.4, 0.5) is 0 Å². The Hall–Kier alpha value is -0.340. The summed E-state index contributed by atoms with van der Waals surface area (Å²) in [6.45, 7) is 10.3. The number of hydrogen-bond donors (Lipinski definition) is 1. The van der Waals surface area contributed by atoms with E-state index in [-0.39, 0.29) is 0 Å². The van der Waals surface area contributed by atoms with Gasteiger partial charge in [-0.05, 0) is 48.9 Å². The third-order valence-corrected chi connectivity index (χ3v) is 4.05. The summed E-state index contributed by atoms with van der Waals surface area (Å²) in [6, 6.07) is 9.36. The van der Waals surface area contributed by atoms with Gasteiger partial charge in [0, 0.05) is 10.5 Å². The molecule has 0 saturated carbocycles. The van der Waals surface area contributed by atoms with E-state index in [9.17, 15) is 0 Å². The normalized spacial score (nSPS) is 14.8. The topological polar surface area (TPSA) is 12.0 Å². The molecule has 2 heteroatoms. The van der Waals surface area contributed by atoms with Gasteiger partial charge in [-0.1, -0.05) is 55.8 Å². The largest absolute Gasteiger partial charge is 0.313 e. The second-order valence-corrected chi connectivity index (χ2v) is 6.21. The summed E-state index contributed by atoms with van der Waals surface area (Å²) in [7, 11) is 0. The molecule has 102 valence electrons. The van der Waals surface area contributed by atoms with E-state index in [2.05, 4.69) is 73.2 Å².